The number of amides is 1. The number of carboxylic acid groups (broad SMARTS) is 1. The van der Waals surface area contributed by atoms with Crippen molar-refractivity contribution < 1.29 is 28.3 Å². The van der Waals surface area contributed by atoms with Crippen molar-refractivity contribution in [1.82, 2.24) is 0 Å². The van der Waals surface area contributed by atoms with Crippen molar-refractivity contribution in [3.63, 3.8) is 0 Å². The Balaban J connectivity index is 2.29. The Morgan fingerprint density at radius 3 is 2.32 bits per heavy atom. The average molecular weight is 353 g/mol. The number of nitrogens with two attached hydrogens (primary N) is 1. The smallest absolute Gasteiger partial charge is 0.416 e. The largest absolute Gasteiger partial charge is 0.465 e. The molecule has 0 fully saturated rings. The lowest BCUT2D eigenvalue weighted by atomic mass is 10.1. The molecule has 0 saturated carbocycles. The van der Waals surface area contributed by atoms with E-state index in [0.29, 0.717) is 11.1 Å². The van der Waals surface area contributed by atoms with E-state index in [1.54, 1.807) is 0 Å². The number of halogens is 3. The third-order valence-corrected chi connectivity index (χ3v) is 3.41. The second kappa shape index (κ2) is 7.12. The Morgan fingerprint density at radius 2 is 1.80 bits per heavy atom. The quantitative estimate of drug-likeness (QED) is 0.339. The summed E-state index contributed by atoms with van der Waals surface area (Å²) in [5, 5.41) is 20.8. The van der Waals surface area contributed by atoms with Crippen LogP contribution in [0.3, 0.4) is 0 Å². The summed E-state index contributed by atoms with van der Waals surface area (Å²) in [6, 6.07) is 10.2. The van der Waals surface area contributed by atoms with Crippen LogP contribution >= 0.6 is 0 Å². The van der Waals surface area contributed by atoms with Crippen LogP contribution in [-0.2, 0) is 12.7 Å². The summed E-state index contributed by atoms with van der Waals surface area (Å²) in [6.45, 7) is -0.160. The Morgan fingerprint density at radius 1 is 1.16 bits per heavy atom. The number of rotatable bonds is 4. The number of hydrogen-bond acceptors (Lipinski definition) is 3. The standard InChI is InChI=1S/C16H14F3N3O3/c17-16(18,19)12-2-1-3-13(8-12)22(15(23)24)9-10-4-6-11(7-5-10)14(20)21-25/h1-8,25H,9H2,(H2,20,21)(H,23,24). The fourth-order valence-electron chi connectivity index (χ4n) is 2.14. The summed E-state index contributed by atoms with van der Waals surface area (Å²) in [5.41, 5.74) is 5.35. The zero-order valence-corrected chi connectivity index (χ0v) is 12.7. The Bertz CT molecular complexity index is 789. The van der Waals surface area contributed by atoms with E-state index in [-0.39, 0.29) is 18.1 Å². The van der Waals surface area contributed by atoms with Gasteiger partial charge in [-0.2, -0.15) is 13.2 Å². The molecular formula is C16H14F3N3O3. The molecule has 0 unspecified atom stereocenters. The van der Waals surface area contributed by atoms with Gasteiger partial charge in [0, 0.05) is 11.3 Å². The summed E-state index contributed by atoms with van der Waals surface area (Å²) in [5.74, 6) is -0.112. The number of benzene rings is 2. The molecule has 0 radical (unpaired) electrons. The Labute approximate surface area is 140 Å². The lowest BCUT2D eigenvalue weighted by Gasteiger charge is -2.20. The van der Waals surface area contributed by atoms with Crippen molar-refractivity contribution in [3.05, 3.63) is 65.2 Å². The van der Waals surface area contributed by atoms with Crippen LogP contribution in [0.25, 0.3) is 0 Å². The van der Waals surface area contributed by atoms with Crippen LogP contribution in [0.4, 0.5) is 23.7 Å². The van der Waals surface area contributed by atoms with Gasteiger partial charge in [0.2, 0.25) is 0 Å². The van der Waals surface area contributed by atoms with Gasteiger partial charge in [-0.15, -0.1) is 0 Å². The highest BCUT2D eigenvalue weighted by molar-refractivity contribution is 5.97. The van der Waals surface area contributed by atoms with E-state index in [4.69, 9.17) is 10.9 Å². The van der Waals surface area contributed by atoms with Gasteiger partial charge in [-0.25, -0.2) is 4.79 Å². The molecule has 0 bridgehead atoms. The molecule has 9 heteroatoms. The molecule has 6 nitrogen and oxygen atoms in total. The maximum absolute atomic E-state index is 12.8. The molecule has 0 aromatic heterocycles. The highest BCUT2D eigenvalue weighted by Crippen LogP contribution is 2.32. The van der Waals surface area contributed by atoms with E-state index >= 15 is 0 Å². The summed E-state index contributed by atoms with van der Waals surface area (Å²) >= 11 is 0. The fraction of sp³-hybridized carbons (Fsp3) is 0.125. The van der Waals surface area contributed by atoms with Crippen LogP contribution < -0.4 is 10.6 Å². The Kier molecular flexibility index (Phi) is 5.16. The highest BCUT2D eigenvalue weighted by Gasteiger charge is 2.31. The minimum absolute atomic E-state index is 0.0946. The molecule has 0 heterocycles. The predicted molar refractivity (Wildman–Crippen MR) is 84.6 cm³/mol. The molecule has 132 valence electrons. The van der Waals surface area contributed by atoms with E-state index in [0.717, 1.165) is 23.1 Å². The van der Waals surface area contributed by atoms with Gasteiger partial charge in [-0.05, 0) is 23.8 Å². The molecule has 0 saturated heterocycles. The van der Waals surface area contributed by atoms with Crippen molar-refractivity contribution in [2.45, 2.75) is 12.7 Å². The molecule has 0 aliphatic carbocycles. The van der Waals surface area contributed by atoms with Gasteiger partial charge in [-0.1, -0.05) is 35.5 Å². The maximum Gasteiger partial charge on any atom is 0.416 e. The first-order valence-electron chi connectivity index (χ1n) is 6.97. The van der Waals surface area contributed by atoms with Crippen molar-refractivity contribution in [2.75, 3.05) is 4.90 Å². The fourth-order valence-corrected chi connectivity index (χ4v) is 2.14. The van der Waals surface area contributed by atoms with Gasteiger partial charge in [0.15, 0.2) is 5.84 Å². The average Bonchev–Trinajstić information content (AvgIpc) is 2.58. The lowest BCUT2D eigenvalue weighted by Crippen LogP contribution is -2.29. The topological polar surface area (TPSA) is 99.2 Å². The van der Waals surface area contributed by atoms with Crippen LogP contribution in [0, 0.1) is 0 Å². The Hall–Kier alpha value is -3.23. The minimum atomic E-state index is -4.57. The van der Waals surface area contributed by atoms with Crippen LogP contribution in [0.5, 0.6) is 0 Å². The summed E-state index contributed by atoms with van der Waals surface area (Å²) in [7, 11) is 0. The normalized spacial score (nSPS) is 12.0. The number of hydrogen-bond donors (Lipinski definition) is 3. The van der Waals surface area contributed by atoms with Crippen LogP contribution in [0.15, 0.2) is 53.7 Å². The van der Waals surface area contributed by atoms with Crippen LogP contribution in [0.1, 0.15) is 16.7 Å². The van der Waals surface area contributed by atoms with Crippen molar-refractivity contribution >= 4 is 17.6 Å². The van der Waals surface area contributed by atoms with Crippen molar-refractivity contribution in [2.24, 2.45) is 10.9 Å². The number of alkyl halides is 3. The van der Waals surface area contributed by atoms with Gasteiger partial charge < -0.3 is 16.0 Å². The van der Waals surface area contributed by atoms with E-state index in [9.17, 15) is 23.1 Å². The van der Waals surface area contributed by atoms with Gasteiger partial charge in [0.25, 0.3) is 0 Å². The number of nitrogens with zero attached hydrogens (tertiary/aromatic N) is 2. The number of anilines is 1. The van der Waals surface area contributed by atoms with E-state index in [1.807, 2.05) is 0 Å². The van der Waals surface area contributed by atoms with Gasteiger partial charge >= 0.3 is 12.3 Å². The van der Waals surface area contributed by atoms with E-state index in [1.165, 1.54) is 30.3 Å². The first-order chi connectivity index (χ1) is 11.7. The zero-order chi connectivity index (χ0) is 18.6. The molecule has 0 spiro atoms. The zero-order valence-electron chi connectivity index (χ0n) is 12.7. The molecule has 0 aliphatic heterocycles. The number of oxime groups is 1. The first kappa shape index (κ1) is 18.1. The predicted octanol–water partition coefficient (Wildman–Crippen LogP) is 3.48. The van der Waals surface area contributed by atoms with Gasteiger partial charge in [0.1, 0.15) is 0 Å². The van der Waals surface area contributed by atoms with Gasteiger partial charge in [0.05, 0.1) is 12.1 Å². The maximum atomic E-state index is 12.8. The number of amidine groups is 1. The van der Waals surface area contributed by atoms with Crippen LogP contribution in [-0.4, -0.2) is 22.2 Å². The summed E-state index contributed by atoms with van der Waals surface area (Å²) in [4.78, 5) is 12.3. The number of carbonyl (C=O) groups is 1. The van der Waals surface area contributed by atoms with E-state index < -0.39 is 17.8 Å². The molecule has 0 aliphatic rings. The molecule has 4 N–H and O–H groups in total. The first-order valence-corrected chi connectivity index (χ1v) is 6.97. The second-order valence-corrected chi connectivity index (χ2v) is 5.10. The molecule has 2 aromatic rings. The van der Waals surface area contributed by atoms with Gasteiger partial charge in [-0.3, -0.25) is 4.90 Å². The molecule has 0 atom stereocenters. The molecule has 2 aromatic carbocycles. The van der Waals surface area contributed by atoms with E-state index in [2.05, 4.69) is 5.16 Å². The summed E-state index contributed by atoms with van der Waals surface area (Å²) < 4.78 is 38.4. The molecule has 1 amide bonds. The third-order valence-electron chi connectivity index (χ3n) is 3.41. The van der Waals surface area contributed by atoms with Crippen molar-refractivity contribution in [1.29, 1.82) is 0 Å². The molecule has 25 heavy (non-hydrogen) atoms. The minimum Gasteiger partial charge on any atom is -0.465 e. The summed E-state index contributed by atoms with van der Waals surface area (Å²) in [6.07, 6.45) is -5.96. The SMILES string of the molecule is NC(=NO)c1ccc(CN(C(=O)O)c2cccc(C(F)(F)F)c2)cc1. The van der Waals surface area contributed by atoms with Crippen molar-refractivity contribution in [3.8, 4) is 0 Å². The lowest BCUT2D eigenvalue weighted by molar-refractivity contribution is -0.137. The molecule has 2 rings (SSSR count). The highest BCUT2D eigenvalue weighted by atomic mass is 19.4. The second-order valence-electron chi connectivity index (χ2n) is 5.10. The third kappa shape index (κ3) is 4.40. The molecular weight excluding hydrogens is 339 g/mol. The van der Waals surface area contributed by atoms with Crippen LogP contribution in [0.2, 0.25) is 0 Å². The monoisotopic (exact) mass is 353 g/mol.